The van der Waals surface area contributed by atoms with Crippen molar-refractivity contribution in [1.29, 1.82) is 0 Å². The van der Waals surface area contributed by atoms with Crippen LogP contribution in [0.2, 0.25) is 0 Å². The van der Waals surface area contributed by atoms with Gasteiger partial charge in [0.2, 0.25) is 5.88 Å². The van der Waals surface area contributed by atoms with Gasteiger partial charge in [-0.1, -0.05) is 42.5 Å². The lowest BCUT2D eigenvalue weighted by Gasteiger charge is -2.01. The lowest BCUT2D eigenvalue weighted by molar-refractivity contribution is 0.451. The van der Waals surface area contributed by atoms with Gasteiger partial charge in [-0.15, -0.1) is 0 Å². The standard InChI is InChI=1S/C12H13NO2S/c1-2-8-3-5-9(6-4-8)7-10-11(14)13-12(15)16-10/h3-6,14H,2,7H2,1H3,(H,13,15). The first-order chi connectivity index (χ1) is 7.69. The van der Waals surface area contributed by atoms with Gasteiger partial charge in [-0.25, -0.2) is 0 Å². The summed E-state index contributed by atoms with van der Waals surface area (Å²) in [6, 6.07) is 8.20. The predicted molar refractivity (Wildman–Crippen MR) is 65.2 cm³/mol. The highest BCUT2D eigenvalue weighted by Gasteiger charge is 2.07. The minimum absolute atomic E-state index is 0.00503. The second-order valence-electron chi connectivity index (χ2n) is 3.63. The number of H-pyrrole nitrogens is 1. The number of thiazole rings is 1. The number of benzene rings is 1. The third-order valence-electron chi connectivity index (χ3n) is 2.50. The fourth-order valence-corrected chi connectivity index (χ4v) is 2.31. The van der Waals surface area contributed by atoms with Crippen LogP contribution in [0.15, 0.2) is 29.1 Å². The summed E-state index contributed by atoms with van der Waals surface area (Å²) < 4.78 is 0. The van der Waals surface area contributed by atoms with Crippen LogP contribution in [0.4, 0.5) is 0 Å². The fraction of sp³-hybridized carbons (Fsp3) is 0.250. The Morgan fingerprint density at radius 3 is 2.38 bits per heavy atom. The van der Waals surface area contributed by atoms with Crippen molar-refractivity contribution < 1.29 is 5.11 Å². The molecular formula is C12H13NO2S. The number of aromatic amines is 1. The van der Waals surface area contributed by atoms with E-state index in [9.17, 15) is 9.90 Å². The molecule has 0 fully saturated rings. The summed E-state index contributed by atoms with van der Waals surface area (Å²) in [5.41, 5.74) is 2.39. The molecule has 0 amide bonds. The largest absolute Gasteiger partial charge is 0.494 e. The number of aryl methyl sites for hydroxylation is 1. The number of aromatic hydroxyl groups is 1. The molecule has 3 nitrogen and oxygen atoms in total. The van der Waals surface area contributed by atoms with Gasteiger partial charge in [-0.2, -0.15) is 0 Å². The molecule has 0 saturated heterocycles. The van der Waals surface area contributed by atoms with E-state index in [2.05, 4.69) is 24.0 Å². The van der Waals surface area contributed by atoms with Crippen molar-refractivity contribution in [2.45, 2.75) is 19.8 Å². The van der Waals surface area contributed by atoms with Gasteiger partial charge in [-0.3, -0.25) is 9.78 Å². The second-order valence-corrected chi connectivity index (χ2v) is 4.70. The van der Waals surface area contributed by atoms with Crippen molar-refractivity contribution in [1.82, 2.24) is 4.98 Å². The first-order valence-corrected chi connectivity index (χ1v) is 5.99. The van der Waals surface area contributed by atoms with Crippen molar-refractivity contribution in [2.75, 3.05) is 0 Å². The van der Waals surface area contributed by atoms with E-state index in [0.29, 0.717) is 11.3 Å². The Bertz CT molecular complexity index is 525. The summed E-state index contributed by atoms with van der Waals surface area (Å²) in [4.78, 5) is 13.9. The lowest BCUT2D eigenvalue weighted by Crippen LogP contribution is -1.89. The molecule has 0 saturated carbocycles. The zero-order chi connectivity index (χ0) is 11.5. The number of nitrogens with one attached hydrogen (secondary N) is 1. The fourth-order valence-electron chi connectivity index (χ4n) is 1.55. The maximum atomic E-state index is 11.0. The Kier molecular flexibility index (Phi) is 3.10. The Balaban J connectivity index is 2.20. The smallest absolute Gasteiger partial charge is 0.307 e. The number of rotatable bonds is 3. The number of hydrogen-bond acceptors (Lipinski definition) is 3. The molecule has 2 aromatic rings. The van der Waals surface area contributed by atoms with Crippen LogP contribution in [0.1, 0.15) is 22.9 Å². The topological polar surface area (TPSA) is 53.1 Å². The van der Waals surface area contributed by atoms with E-state index < -0.39 is 0 Å². The Morgan fingerprint density at radius 1 is 1.25 bits per heavy atom. The number of hydrogen-bond donors (Lipinski definition) is 2. The highest BCUT2D eigenvalue weighted by atomic mass is 32.1. The minimum Gasteiger partial charge on any atom is -0.494 e. The minimum atomic E-state index is -0.210. The summed E-state index contributed by atoms with van der Waals surface area (Å²) in [7, 11) is 0. The van der Waals surface area contributed by atoms with Crippen LogP contribution >= 0.6 is 11.3 Å². The van der Waals surface area contributed by atoms with E-state index in [1.807, 2.05) is 12.1 Å². The third-order valence-corrected chi connectivity index (χ3v) is 3.37. The van der Waals surface area contributed by atoms with Crippen molar-refractivity contribution in [2.24, 2.45) is 0 Å². The molecule has 1 aromatic carbocycles. The van der Waals surface area contributed by atoms with Crippen LogP contribution in [0, 0.1) is 0 Å². The molecular weight excluding hydrogens is 222 g/mol. The second kappa shape index (κ2) is 4.53. The number of aromatic nitrogens is 1. The molecule has 2 N–H and O–H groups in total. The summed E-state index contributed by atoms with van der Waals surface area (Å²) in [6.07, 6.45) is 1.61. The molecule has 16 heavy (non-hydrogen) atoms. The molecule has 0 aliphatic carbocycles. The normalized spacial score (nSPS) is 10.6. The average Bonchev–Trinajstić information content (AvgIpc) is 2.59. The van der Waals surface area contributed by atoms with Gasteiger partial charge in [-0.05, 0) is 17.5 Å². The average molecular weight is 235 g/mol. The molecule has 84 valence electrons. The molecule has 0 aliphatic heterocycles. The maximum absolute atomic E-state index is 11.0. The molecule has 0 spiro atoms. The van der Waals surface area contributed by atoms with E-state index >= 15 is 0 Å². The van der Waals surface area contributed by atoms with Crippen molar-refractivity contribution in [3.05, 3.63) is 49.9 Å². The molecule has 0 unspecified atom stereocenters. The van der Waals surface area contributed by atoms with Crippen LogP contribution in [-0.2, 0) is 12.8 Å². The zero-order valence-electron chi connectivity index (χ0n) is 8.99. The van der Waals surface area contributed by atoms with Gasteiger partial charge in [0.05, 0.1) is 4.88 Å². The molecule has 0 radical (unpaired) electrons. The predicted octanol–water partition coefficient (Wildman–Crippen LogP) is 2.30. The molecule has 1 heterocycles. The van der Waals surface area contributed by atoms with Crippen molar-refractivity contribution >= 4 is 11.3 Å². The van der Waals surface area contributed by atoms with E-state index in [4.69, 9.17) is 0 Å². The van der Waals surface area contributed by atoms with Gasteiger partial charge in [0.25, 0.3) is 0 Å². The van der Waals surface area contributed by atoms with Crippen molar-refractivity contribution in [3.63, 3.8) is 0 Å². The van der Waals surface area contributed by atoms with Gasteiger partial charge in [0, 0.05) is 6.42 Å². The summed E-state index contributed by atoms with van der Waals surface area (Å²) in [6.45, 7) is 2.11. The lowest BCUT2D eigenvalue weighted by atomic mass is 10.1. The van der Waals surface area contributed by atoms with Gasteiger partial charge < -0.3 is 5.11 Å². The van der Waals surface area contributed by atoms with E-state index in [1.54, 1.807) is 0 Å². The first kappa shape index (κ1) is 11.0. The third kappa shape index (κ3) is 2.33. The molecule has 0 atom stereocenters. The molecule has 0 bridgehead atoms. The van der Waals surface area contributed by atoms with Crippen LogP contribution < -0.4 is 4.87 Å². The quantitative estimate of drug-likeness (QED) is 0.857. The zero-order valence-corrected chi connectivity index (χ0v) is 9.80. The van der Waals surface area contributed by atoms with Crippen LogP contribution in [0.5, 0.6) is 5.88 Å². The molecule has 1 aromatic heterocycles. The molecule has 0 aliphatic rings. The van der Waals surface area contributed by atoms with Gasteiger partial charge in [0.1, 0.15) is 0 Å². The highest BCUT2D eigenvalue weighted by Crippen LogP contribution is 2.20. The van der Waals surface area contributed by atoms with Crippen LogP contribution in [0.25, 0.3) is 0 Å². The summed E-state index contributed by atoms with van der Waals surface area (Å²) in [5.74, 6) is -0.00503. The summed E-state index contributed by atoms with van der Waals surface area (Å²) in [5, 5.41) is 9.45. The Hall–Kier alpha value is -1.55. The highest BCUT2D eigenvalue weighted by molar-refractivity contribution is 7.09. The van der Waals surface area contributed by atoms with Crippen molar-refractivity contribution in [3.8, 4) is 5.88 Å². The molecule has 4 heteroatoms. The monoisotopic (exact) mass is 235 g/mol. The Morgan fingerprint density at radius 2 is 1.88 bits per heavy atom. The first-order valence-electron chi connectivity index (χ1n) is 5.18. The van der Waals surface area contributed by atoms with E-state index in [1.165, 1.54) is 5.56 Å². The van der Waals surface area contributed by atoms with Crippen LogP contribution in [-0.4, -0.2) is 10.1 Å². The van der Waals surface area contributed by atoms with Crippen LogP contribution in [0.3, 0.4) is 0 Å². The van der Waals surface area contributed by atoms with E-state index in [-0.39, 0.29) is 10.8 Å². The SMILES string of the molecule is CCc1ccc(Cc2sc(=O)[nH]c2O)cc1. The van der Waals surface area contributed by atoms with E-state index in [0.717, 1.165) is 23.3 Å². The van der Waals surface area contributed by atoms with Gasteiger partial charge in [0.15, 0.2) is 0 Å². The summed E-state index contributed by atoms with van der Waals surface area (Å²) >= 11 is 1.06. The Labute approximate surface area is 97.4 Å². The molecule has 2 rings (SSSR count). The van der Waals surface area contributed by atoms with Gasteiger partial charge >= 0.3 is 4.87 Å². The maximum Gasteiger partial charge on any atom is 0.307 e.